The van der Waals surface area contributed by atoms with Crippen LogP contribution < -0.4 is 10.5 Å². The molecule has 2 rings (SSSR count). The van der Waals surface area contributed by atoms with Crippen molar-refractivity contribution in [2.24, 2.45) is 0 Å². The third kappa shape index (κ3) is 6.04. The standard InChI is InChI=1S/C24H33NO3Si/c1-7-20(18-14-10-8-11-15-18)21(25-23(27)28-24(2,3)4)22(26)29(5,6)19-16-12-9-13-17-19/h8-17,20-21H,7H2,1-6H3,(H,25,27)/t20-,21-/m0/s1. The summed E-state index contributed by atoms with van der Waals surface area (Å²) in [6, 6.07) is 19.2. The van der Waals surface area contributed by atoms with E-state index in [9.17, 15) is 9.59 Å². The quantitative estimate of drug-likeness (QED) is 0.666. The molecule has 2 aromatic rings. The smallest absolute Gasteiger partial charge is 0.408 e. The van der Waals surface area contributed by atoms with Crippen LogP contribution in [0.25, 0.3) is 0 Å². The molecule has 5 heteroatoms. The van der Waals surface area contributed by atoms with E-state index in [-0.39, 0.29) is 11.3 Å². The molecule has 0 radical (unpaired) electrons. The van der Waals surface area contributed by atoms with E-state index >= 15 is 0 Å². The maximum absolute atomic E-state index is 13.8. The van der Waals surface area contributed by atoms with E-state index in [2.05, 4.69) is 5.32 Å². The predicted molar refractivity (Wildman–Crippen MR) is 121 cm³/mol. The van der Waals surface area contributed by atoms with Crippen molar-refractivity contribution in [1.29, 1.82) is 0 Å². The number of benzene rings is 2. The highest BCUT2D eigenvalue weighted by Gasteiger charge is 2.42. The van der Waals surface area contributed by atoms with Crippen molar-refractivity contribution in [3.8, 4) is 0 Å². The van der Waals surface area contributed by atoms with Crippen LogP contribution in [0, 0.1) is 0 Å². The molecule has 0 heterocycles. The number of amides is 1. The maximum Gasteiger partial charge on any atom is 0.408 e. The monoisotopic (exact) mass is 411 g/mol. The summed E-state index contributed by atoms with van der Waals surface area (Å²) in [6.07, 6.45) is 0.179. The van der Waals surface area contributed by atoms with Crippen LogP contribution in [0.4, 0.5) is 4.79 Å². The molecule has 0 bridgehead atoms. The van der Waals surface area contributed by atoms with Crippen LogP contribution in [0.15, 0.2) is 60.7 Å². The number of rotatable bonds is 7. The van der Waals surface area contributed by atoms with Crippen LogP contribution in [0.5, 0.6) is 0 Å². The Hall–Kier alpha value is -2.40. The molecular weight excluding hydrogens is 378 g/mol. The second kappa shape index (κ2) is 9.40. The summed E-state index contributed by atoms with van der Waals surface area (Å²) < 4.78 is 5.48. The summed E-state index contributed by atoms with van der Waals surface area (Å²) in [5.41, 5.74) is 0.417. The number of carbonyl (C=O) groups is 2. The third-order valence-corrected chi connectivity index (χ3v) is 8.46. The maximum atomic E-state index is 13.8. The van der Waals surface area contributed by atoms with E-state index in [1.54, 1.807) is 0 Å². The Morgan fingerprint density at radius 1 is 0.966 bits per heavy atom. The van der Waals surface area contributed by atoms with Crippen molar-refractivity contribution in [1.82, 2.24) is 5.32 Å². The molecule has 0 fully saturated rings. The molecule has 0 aromatic heterocycles. The third-order valence-electron chi connectivity index (χ3n) is 5.14. The zero-order valence-electron chi connectivity index (χ0n) is 18.4. The summed E-state index contributed by atoms with van der Waals surface area (Å²) in [5, 5.41) is 4.08. The molecule has 29 heavy (non-hydrogen) atoms. The van der Waals surface area contributed by atoms with Gasteiger partial charge in [0, 0.05) is 5.92 Å². The van der Waals surface area contributed by atoms with Crippen LogP contribution in [0.3, 0.4) is 0 Å². The van der Waals surface area contributed by atoms with Gasteiger partial charge in [-0.05, 0) is 32.8 Å². The first-order valence-electron chi connectivity index (χ1n) is 10.2. The molecule has 4 nitrogen and oxygen atoms in total. The summed E-state index contributed by atoms with van der Waals surface area (Å²) >= 11 is 0. The molecule has 0 saturated heterocycles. The lowest BCUT2D eigenvalue weighted by Gasteiger charge is -2.33. The van der Waals surface area contributed by atoms with Crippen molar-refractivity contribution >= 4 is 24.8 Å². The lowest BCUT2D eigenvalue weighted by atomic mass is 9.89. The van der Waals surface area contributed by atoms with Gasteiger partial charge in [-0.25, -0.2) is 4.79 Å². The number of hydrogen-bond donors (Lipinski definition) is 1. The van der Waals surface area contributed by atoms with Gasteiger partial charge in [0.15, 0.2) is 8.07 Å². The van der Waals surface area contributed by atoms with Gasteiger partial charge < -0.3 is 14.8 Å². The fraction of sp³-hybridized carbons (Fsp3) is 0.417. The molecule has 0 spiro atoms. The number of ether oxygens (including phenoxy) is 1. The van der Waals surface area contributed by atoms with Crippen LogP contribution in [0.1, 0.15) is 45.6 Å². The van der Waals surface area contributed by atoms with Crippen molar-refractivity contribution in [3.05, 3.63) is 66.2 Å². The summed E-state index contributed by atoms with van der Waals surface area (Å²) in [5.74, 6) is -0.119. The highest BCUT2D eigenvalue weighted by Crippen LogP contribution is 2.27. The molecular formula is C24H33NO3Si. The van der Waals surface area contributed by atoms with Gasteiger partial charge in [0.25, 0.3) is 0 Å². The van der Waals surface area contributed by atoms with Crippen molar-refractivity contribution < 1.29 is 14.3 Å². The van der Waals surface area contributed by atoms with E-state index in [0.29, 0.717) is 0 Å². The Bertz CT molecular complexity index is 813. The van der Waals surface area contributed by atoms with Crippen LogP contribution >= 0.6 is 0 Å². The number of alkyl carbamates (subject to hydrolysis) is 1. The zero-order chi connectivity index (χ0) is 21.7. The first kappa shape index (κ1) is 22.9. The Labute approximate surface area is 175 Å². The van der Waals surface area contributed by atoms with Gasteiger partial charge >= 0.3 is 6.09 Å². The summed E-state index contributed by atoms with van der Waals surface area (Å²) in [6.45, 7) is 11.6. The van der Waals surface area contributed by atoms with Crippen LogP contribution in [-0.2, 0) is 9.53 Å². The Balaban J connectivity index is 2.42. The van der Waals surface area contributed by atoms with Crippen molar-refractivity contribution in [2.75, 3.05) is 0 Å². The minimum atomic E-state index is -2.49. The fourth-order valence-corrected chi connectivity index (χ4v) is 5.89. The average Bonchev–Trinajstić information content (AvgIpc) is 2.67. The number of carbonyl (C=O) groups excluding carboxylic acids is 2. The van der Waals surface area contributed by atoms with Gasteiger partial charge in [-0.3, -0.25) is 0 Å². The minimum Gasteiger partial charge on any atom is -0.444 e. The first-order valence-corrected chi connectivity index (χ1v) is 13.2. The molecule has 0 saturated carbocycles. The van der Waals surface area contributed by atoms with Crippen LogP contribution in [0.2, 0.25) is 13.1 Å². The summed E-state index contributed by atoms with van der Waals surface area (Å²) in [4.78, 5) is 26.5. The van der Waals surface area contributed by atoms with Gasteiger partial charge in [-0.2, -0.15) is 0 Å². The first-order chi connectivity index (χ1) is 13.6. The van der Waals surface area contributed by atoms with E-state index in [1.165, 1.54) is 0 Å². The number of nitrogens with one attached hydrogen (secondary N) is 1. The molecule has 1 amide bonds. The molecule has 0 unspecified atom stereocenters. The highest BCUT2D eigenvalue weighted by molar-refractivity contribution is 7.13. The molecule has 0 aliphatic carbocycles. The van der Waals surface area contributed by atoms with E-state index in [0.717, 1.165) is 17.2 Å². The topological polar surface area (TPSA) is 55.4 Å². The molecule has 1 N–H and O–H groups in total. The largest absolute Gasteiger partial charge is 0.444 e. The second-order valence-corrected chi connectivity index (χ2v) is 13.2. The SMILES string of the molecule is CC[C@@H](c1ccccc1)[C@H](NC(=O)OC(C)(C)C)C(=O)[Si](C)(C)c1ccccc1. The van der Waals surface area contributed by atoms with Crippen LogP contribution in [-0.4, -0.2) is 31.2 Å². The molecule has 2 aromatic carbocycles. The van der Waals surface area contributed by atoms with Crippen molar-refractivity contribution in [3.63, 3.8) is 0 Å². The fourth-order valence-electron chi connectivity index (χ4n) is 3.53. The van der Waals surface area contributed by atoms with Crippen molar-refractivity contribution in [2.45, 2.75) is 64.8 Å². The molecule has 2 atom stereocenters. The summed E-state index contributed by atoms with van der Waals surface area (Å²) in [7, 11) is -2.49. The molecule has 0 aliphatic heterocycles. The Kier molecular flexibility index (Phi) is 7.41. The van der Waals surface area contributed by atoms with E-state index in [4.69, 9.17) is 4.74 Å². The number of hydrogen-bond acceptors (Lipinski definition) is 3. The highest BCUT2D eigenvalue weighted by atomic mass is 28.3. The van der Waals surface area contributed by atoms with E-state index in [1.807, 2.05) is 101 Å². The lowest BCUT2D eigenvalue weighted by Crippen LogP contribution is -2.60. The average molecular weight is 412 g/mol. The Morgan fingerprint density at radius 3 is 1.97 bits per heavy atom. The minimum absolute atomic E-state index is 0.102. The van der Waals surface area contributed by atoms with Gasteiger partial charge in [0.05, 0.1) is 6.04 Å². The second-order valence-electron chi connectivity index (χ2n) is 8.90. The lowest BCUT2D eigenvalue weighted by molar-refractivity contribution is -0.115. The molecule has 0 aliphatic rings. The normalized spacial score (nSPS) is 14.0. The predicted octanol–water partition coefficient (Wildman–Crippen LogP) is 4.80. The molecule has 156 valence electrons. The Morgan fingerprint density at radius 2 is 1.48 bits per heavy atom. The van der Waals surface area contributed by atoms with Gasteiger partial charge in [0.1, 0.15) is 11.0 Å². The van der Waals surface area contributed by atoms with E-state index < -0.39 is 25.8 Å². The zero-order valence-corrected chi connectivity index (χ0v) is 19.4. The van der Waals surface area contributed by atoms with Gasteiger partial charge in [-0.15, -0.1) is 0 Å². The van der Waals surface area contributed by atoms with Gasteiger partial charge in [-0.1, -0.05) is 85.9 Å². The van der Waals surface area contributed by atoms with Gasteiger partial charge in [0.2, 0.25) is 0 Å².